The molecule has 1 rings (SSSR count). The van der Waals surface area contributed by atoms with Crippen LogP contribution in [0, 0.1) is 11.8 Å². The van der Waals surface area contributed by atoms with E-state index in [-0.39, 0.29) is 5.91 Å². The van der Waals surface area contributed by atoms with Crippen LogP contribution in [-0.2, 0) is 4.79 Å². The normalized spacial score (nSPS) is 33.3. The van der Waals surface area contributed by atoms with Gasteiger partial charge < -0.3 is 5.32 Å². The molecule has 0 spiro atoms. The smallest absolute Gasteiger partial charge is 0.221 e. The molecule has 0 saturated heterocycles. The molecular formula is C10H18ClNO. The number of halogens is 1. The zero-order chi connectivity index (χ0) is 9.84. The standard InChI is InChI=1S/C10H18ClNO/c1-7-3-4-9(8(7)2)12-10(13)5-6-11/h7-9H,3-6H2,1-2H3,(H,12,13). The molecule has 1 amide bonds. The van der Waals surface area contributed by atoms with Gasteiger partial charge in [0.25, 0.3) is 0 Å². The van der Waals surface area contributed by atoms with Crippen molar-refractivity contribution in [2.24, 2.45) is 11.8 Å². The average Bonchev–Trinajstić information content (AvgIpc) is 2.37. The van der Waals surface area contributed by atoms with Gasteiger partial charge in [0, 0.05) is 18.3 Å². The second-order valence-electron chi connectivity index (χ2n) is 4.03. The van der Waals surface area contributed by atoms with Crippen LogP contribution in [-0.4, -0.2) is 17.8 Å². The Labute approximate surface area is 85.0 Å². The maximum Gasteiger partial charge on any atom is 0.221 e. The van der Waals surface area contributed by atoms with Crippen molar-refractivity contribution in [2.45, 2.75) is 39.2 Å². The molecule has 13 heavy (non-hydrogen) atoms. The lowest BCUT2D eigenvalue weighted by atomic mass is 9.98. The van der Waals surface area contributed by atoms with Gasteiger partial charge in [0.2, 0.25) is 5.91 Å². The summed E-state index contributed by atoms with van der Waals surface area (Å²) in [4.78, 5) is 11.3. The van der Waals surface area contributed by atoms with Gasteiger partial charge in [-0.2, -0.15) is 0 Å². The van der Waals surface area contributed by atoms with Gasteiger partial charge in [0.1, 0.15) is 0 Å². The van der Waals surface area contributed by atoms with Crippen molar-refractivity contribution in [3.8, 4) is 0 Å². The minimum absolute atomic E-state index is 0.0981. The van der Waals surface area contributed by atoms with Crippen molar-refractivity contribution in [1.29, 1.82) is 0 Å². The van der Waals surface area contributed by atoms with E-state index in [9.17, 15) is 4.79 Å². The minimum atomic E-state index is 0.0981. The van der Waals surface area contributed by atoms with Gasteiger partial charge in [-0.3, -0.25) is 4.79 Å². The summed E-state index contributed by atoms with van der Waals surface area (Å²) in [5.41, 5.74) is 0. The molecule has 0 aromatic carbocycles. The predicted molar refractivity (Wildman–Crippen MR) is 54.8 cm³/mol. The molecule has 0 aromatic heterocycles. The summed E-state index contributed by atoms with van der Waals surface area (Å²) in [7, 11) is 0. The van der Waals surface area contributed by atoms with Gasteiger partial charge in [-0.05, 0) is 24.7 Å². The van der Waals surface area contributed by atoms with E-state index in [1.165, 1.54) is 6.42 Å². The molecule has 1 fully saturated rings. The van der Waals surface area contributed by atoms with Crippen LogP contribution in [0.4, 0.5) is 0 Å². The van der Waals surface area contributed by atoms with E-state index >= 15 is 0 Å². The summed E-state index contributed by atoms with van der Waals surface area (Å²) in [6, 6.07) is 0.380. The van der Waals surface area contributed by atoms with Crippen LogP contribution < -0.4 is 5.32 Å². The Bertz CT molecular complexity index is 184. The lowest BCUT2D eigenvalue weighted by molar-refractivity contribution is -0.121. The fourth-order valence-corrected chi connectivity index (χ4v) is 2.10. The molecule has 3 atom stereocenters. The van der Waals surface area contributed by atoms with Crippen molar-refractivity contribution < 1.29 is 4.79 Å². The number of carbonyl (C=O) groups excluding carboxylic acids is 1. The van der Waals surface area contributed by atoms with E-state index in [4.69, 9.17) is 11.6 Å². The molecule has 0 radical (unpaired) electrons. The molecule has 1 aliphatic rings. The maximum atomic E-state index is 11.3. The van der Waals surface area contributed by atoms with Gasteiger partial charge in [-0.25, -0.2) is 0 Å². The van der Waals surface area contributed by atoms with Gasteiger partial charge >= 0.3 is 0 Å². The summed E-state index contributed by atoms with van der Waals surface area (Å²) in [5.74, 6) is 1.86. The first kappa shape index (κ1) is 10.8. The third-order valence-corrected chi connectivity index (χ3v) is 3.32. The number of amides is 1. The molecule has 0 bridgehead atoms. The SMILES string of the molecule is CC1CCC(NC(=O)CCCl)C1C. The van der Waals surface area contributed by atoms with Gasteiger partial charge in [0.15, 0.2) is 0 Å². The summed E-state index contributed by atoms with van der Waals surface area (Å²) in [5, 5.41) is 3.04. The van der Waals surface area contributed by atoms with Crippen LogP contribution in [0.25, 0.3) is 0 Å². The first-order valence-corrected chi connectivity index (χ1v) is 5.54. The fourth-order valence-electron chi connectivity index (χ4n) is 1.93. The van der Waals surface area contributed by atoms with Crippen LogP contribution in [0.2, 0.25) is 0 Å². The summed E-state index contributed by atoms with van der Waals surface area (Å²) in [6.07, 6.45) is 2.79. The highest BCUT2D eigenvalue weighted by atomic mass is 35.5. The van der Waals surface area contributed by atoms with Gasteiger partial charge in [-0.15, -0.1) is 11.6 Å². The summed E-state index contributed by atoms with van der Waals surface area (Å²) >= 11 is 5.49. The molecule has 0 heterocycles. The number of hydrogen-bond acceptors (Lipinski definition) is 1. The van der Waals surface area contributed by atoms with Crippen LogP contribution in [0.15, 0.2) is 0 Å². The van der Waals surface area contributed by atoms with Crippen molar-refractivity contribution in [1.82, 2.24) is 5.32 Å². The fraction of sp³-hybridized carbons (Fsp3) is 0.900. The Morgan fingerprint density at radius 1 is 1.46 bits per heavy atom. The summed E-state index contributed by atoms with van der Waals surface area (Å²) < 4.78 is 0. The van der Waals surface area contributed by atoms with Crippen LogP contribution in [0.1, 0.15) is 33.1 Å². The molecule has 3 unspecified atom stereocenters. The quantitative estimate of drug-likeness (QED) is 0.700. The minimum Gasteiger partial charge on any atom is -0.353 e. The maximum absolute atomic E-state index is 11.3. The van der Waals surface area contributed by atoms with Gasteiger partial charge in [-0.1, -0.05) is 13.8 Å². The number of nitrogens with one attached hydrogen (secondary N) is 1. The topological polar surface area (TPSA) is 29.1 Å². The Hall–Kier alpha value is -0.240. The molecule has 1 saturated carbocycles. The molecule has 1 N–H and O–H groups in total. The van der Waals surface area contributed by atoms with E-state index in [1.807, 2.05) is 0 Å². The molecule has 3 heteroatoms. The first-order valence-electron chi connectivity index (χ1n) is 5.00. The molecular weight excluding hydrogens is 186 g/mol. The second kappa shape index (κ2) is 4.85. The highest BCUT2D eigenvalue weighted by molar-refractivity contribution is 6.18. The van der Waals surface area contributed by atoms with Gasteiger partial charge in [0.05, 0.1) is 0 Å². The van der Waals surface area contributed by atoms with Crippen molar-refractivity contribution in [2.75, 3.05) is 5.88 Å². The number of rotatable bonds is 3. The summed E-state index contributed by atoms with van der Waals surface area (Å²) in [6.45, 7) is 4.46. The van der Waals surface area contributed by atoms with E-state index in [0.717, 1.165) is 12.3 Å². The third kappa shape index (κ3) is 2.87. The van der Waals surface area contributed by atoms with Crippen LogP contribution >= 0.6 is 11.6 Å². The third-order valence-electron chi connectivity index (χ3n) is 3.13. The van der Waals surface area contributed by atoms with E-state index in [0.29, 0.717) is 24.3 Å². The Kier molecular flexibility index (Phi) is 4.04. The number of alkyl halides is 1. The lowest BCUT2D eigenvalue weighted by Gasteiger charge is -2.19. The van der Waals surface area contributed by atoms with Crippen LogP contribution in [0.5, 0.6) is 0 Å². The number of hydrogen-bond donors (Lipinski definition) is 1. The average molecular weight is 204 g/mol. The van der Waals surface area contributed by atoms with E-state index in [1.54, 1.807) is 0 Å². The van der Waals surface area contributed by atoms with E-state index in [2.05, 4.69) is 19.2 Å². The molecule has 1 aliphatic carbocycles. The largest absolute Gasteiger partial charge is 0.353 e. The zero-order valence-corrected chi connectivity index (χ0v) is 9.10. The van der Waals surface area contributed by atoms with Crippen molar-refractivity contribution in [3.63, 3.8) is 0 Å². The highest BCUT2D eigenvalue weighted by Crippen LogP contribution is 2.30. The van der Waals surface area contributed by atoms with Crippen LogP contribution in [0.3, 0.4) is 0 Å². The Morgan fingerprint density at radius 2 is 2.15 bits per heavy atom. The molecule has 76 valence electrons. The lowest BCUT2D eigenvalue weighted by Crippen LogP contribution is -2.37. The molecule has 0 aliphatic heterocycles. The molecule has 0 aromatic rings. The first-order chi connectivity index (χ1) is 6.15. The monoisotopic (exact) mass is 203 g/mol. The van der Waals surface area contributed by atoms with Crippen molar-refractivity contribution >= 4 is 17.5 Å². The second-order valence-corrected chi connectivity index (χ2v) is 4.40. The predicted octanol–water partition coefficient (Wildman–Crippen LogP) is 2.17. The highest BCUT2D eigenvalue weighted by Gasteiger charge is 2.30. The Balaban J connectivity index is 2.33. The van der Waals surface area contributed by atoms with E-state index < -0.39 is 0 Å². The molecule has 2 nitrogen and oxygen atoms in total. The Morgan fingerprint density at radius 3 is 2.62 bits per heavy atom. The number of carbonyl (C=O) groups is 1. The van der Waals surface area contributed by atoms with Crippen molar-refractivity contribution in [3.05, 3.63) is 0 Å². The zero-order valence-electron chi connectivity index (χ0n) is 8.35.